The number of thiazole rings is 1. The van der Waals surface area contributed by atoms with E-state index in [1.807, 2.05) is 49.0 Å². The highest BCUT2D eigenvalue weighted by Gasteiger charge is 2.26. The molecule has 0 unspecified atom stereocenters. The van der Waals surface area contributed by atoms with Crippen LogP contribution in [0.4, 0.5) is 5.69 Å². The fraction of sp³-hybridized carbons (Fsp3) is 0.375. The first-order valence-corrected chi connectivity index (χ1v) is 13.5. The molecule has 0 N–H and O–H groups in total. The van der Waals surface area contributed by atoms with Crippen molar-refractivity contribution in [2.24, 2.45) is 12.0 Å². The molecule has 1 aromatic heterocycles. The van der Waals surface area contributed by atoms with Crippen LogP contribution in [0.15, 0.2) is 51.7 Å². The van der Waals surface area contributed by atoms with Crippen LogP contribution in [-0.2, 0) is 17.1 Å². The van der Waals surface area contributed by atoms with Crippen LogP contribution in [0.1, 0.15) is 37.8 Å². The van der Waals surface area contributed by atoms with Gasteiger partial charge in [0.05, 0.1) is 16.4 Å². The SMILES string of the molecule is Br.CCCN(CCC)S(=O)(=O)c1cc(-c2csc(=Nc3cccc(C)c3C)n2C)ccc1Cl. The zero-order chi connectivity index (χ0) is 23.5. The molecule has 1 heterocycles. The van der Waals surface area contributed by atoms with Gasteiger partial charge in [0.25, 0.3) is 0 Å². The summed E-state index contributed by atoms with van der Waals surface area (Å²) in [5, 5.41) is 2.24. The molecular formula is C24H31BrClN3O2S2. The highest BCUT2D eigenvalue weighted by atomic mass is 79.9. The molecule has 0 bridgehead atoms. The van der Waals surface area contributed by atoms with E-state index in [0.717, 1.165) is 40.2 Å². The van der Waals surface area contributed by atoms with Gasteiger partial charge in [-0.15, -0.1) is 28.3 Å². The smallest absolute Gasteiger partial charge is 0.244 e. The van der Waals surface area contributed by atoms with Gasteiger partial charge in [-0.3, -0.25) is 0 Å². The molecular weight excluding hydrogens is 542 g/mol. The topological polar surface area (TPSA) is 54.7 Å². The lowest BCUT2D eigenvalue weighted by Gasteiger charge is -2.22. The van der Waals surface area contributed by atoms with Crippen molar-refractivity contribution >= 4 is 55.6 Å². The normalized spacial score (nSPS) is 12.3. The molecule has 0 aliphatic rings. The van der Waals surface area contributed by atoms with Gasteiger partial charge in [-0.05, 0) is 56.0 Å². The van der Waals surface area contributed by atoms with Crippen molar-refractivity contribution in [3.63, 3.8) is 0 Å². The van der Waals surface area contributed by atoms with Crippen LogP contribution in [-0.4, -0.2) is 30.4 Å². The molecule has 0 radical (unpaired) electrons. The van der Waals surface area contributed by atoms with Crippen molar-refractivity contribution in [3.8, 4) is 11.3 Å². The molecule has 3 aromatic rings. The number of rotatable bonds is 8. The predicted molar refractivity (Wildman–Crippen MR) is 145 cm³/mol. The van der Waals surface area contributed by atoms with Gasteiger partial charge in [-0.25, -0.2) is 13.4 Å². The van der Waals surface area contributed by atoms with E-state index in [2.05, 4.69) is 19.9 Å². The lowest BCUT2D eigenvalue weighted by Crippen LogP contribution is -2.32. The number of benzene rings is 2. The minimum Gasteiger partial charge on any atom is -0.320 e. The predicted octanol–water partition coefficient (Wildman–Crippen LogP) is 6.64. The summed E-state index contributed by atoms with van der Waals surface area (Å²) >= 11 is 7.89. The third-order valence-corrected chi connectivity index (χ3v) is 8.80. The molecule has 0 amide bonds. The Balaban J connectivity index is 0.00000385. The second kappa shape index (κ2) is 11.8. The summed E-state index contributed by atoms with van der Waals surface area (Å²) in [7, 11) is -1.74. The molecule has 2 aromatic carbocycles. The van der Waals surface area contributed by atoms with E-state index in [1.165, 1.54) is 21.2 Å². The number of halogens is 2. The van der Waals surface area contributed by atoms with Crippen LogP contribution >= 0.6 is 39.9 Å². The quantitative estimate of drug-likeness (QED) is 0.304. The van der Waals surface area contributed by atoms with Crippen molar-refractivity contribution in [2.45, 2.75) is 45.4 Å². The van der Waals surface area contributed by atoms with Crippen molar-refractivity contribution in [1.29, 1.82) is 0 Å². The average molecular weight is 573 g/mol. The maximum absolute atomic E-state index is 13.3. The van der Waals surface area contributed by atoms with Crippen LogP contribution in [0.5, 0.6) is 0 Å². The van der Waals surface area contributed by atoms with E-state index in [4.69, 9.17) is 16.6 Å². The van der Waals surface area contributed by atoms with Crippen molar-refractivity contribution < 1.29 is 8.42 Å². The van der Waals surface area contributed by atoms with Crippen LogP contribution in [0, 0.1) is 13.8 Å². The van der Waals surface area contributed by atoms with Gasteiger partial charge in [0.2, 0.25) is 10.0 Å². The number of hydrogen-bond acceptors (Lipinski definition) is 4. The molecule has 3 rings (SSSR count). The second-order valence-electron chi connectivity index (χ2n) is 7.84. The molecule has 5 nitrogen and oxygen atoms in total. The summed E-state index contributed by atoms with van der Waals surface area (Å²) in [5.74, 6) is 0. The van der Waals surface area contributed by atoms with Gasteiger partial charge < -0.3 is 4.57 Å². The summed E-state index contributed by atoms with van der Waals surface area (Å²) in [5.41, 5.74) is 4.96. The average Bonchev–Trinajstić information content (AvgIpc) is 3.11. The van der Waals surface area contributed by atoms with Crippen molar-refractivity contribution in [1.82, 2.24) is 8.87 Å². The summed E-state index contributed by atoms with van der Waals surface area (Å²) in [4.78, 5) is 5.83. The highest BCUT2D eigenvalue weighted by molar-refractivity contribution is 8.93. The maximum Gasteiger partial charge on any atom is 0.244 e. The minimum absolute atomic E-state index is 0. The fourth-order valence-corrected chi connectivity index (χ4v) is 6.59. The standard InChI is InChI=1S/C24H30ClN3O2S2.BrH/c1-6-13-28(14-7-2)32(29,30)23-15-19(11-12-20(23)25)22-16-31-24(27(22)5)26-21-10-8-9-17(3)18(21)4;/h8-12,15-16H,6-7,13-14H2,1-5H3;1H. The summed E-state index contributed by atoms with van der Waals surface area (Å²) in [6.07, 6.45) is 1.50. The molecule has 180 valence electrons. The molecule has 0 saturated carbocycles. The van der Waals surface area contributed by atoms with Crippen LogP contribution in [0.2, 0.25) is 5.02 Å². The molecule has 0 spiro atoms. The maximum atomic E-state index is 13.3. The Morgan fingerprint density at radius 1 is 1.09 bits per heavy atom. The molecule has 0 fully saturated rings. The van der Waals surface area contributed by atoms with Crippen molar-refractivity contribution in [3.05, 3.63) is 62.7 Å². The Bertz CT molecular complexity index is 1280. The van der Waals surface area contributed by atoms with Gasteiger partial charge in [-0.1, -0.05) is 43.6 Å². The van der Waals surface area contributed by atoms with Gasteiger partial charge in [-0.2, -0.15) is 4.31 Å². The van der Waals surface area contributed by atoms with E-state index in [-0.39, 0.29) is 26.9 Å². The molecule has 9 heteroatoms. The molecule has 0 atom stereocenters. The first-order valence-electron chi connectivity index (χ1n) is 10.8. The number of sulfonamides is 1. The van der Waals surface area contributed by atoms with E-state index in [0.29, 0.717) is 13.1 Å². The third kappa shape index (κ3) is 5.98. The zero-order valence-corrected chi connectivity index (χ0v) is 23.7. The monoisotopic (exact) mass is 571 g/mol. The van der Waals surface area contributed by atoms with Crippen LogP contribution in [0.3, 0.4) is 0 Å². The van der Waals surface area contributed by atoms with Crippen molar-refractivity contribution in [2.75, 3.05) is 13.1 Å². The van der Waals surface area contributed by atoms with E-state index < -0.39 is 10.0 Å². The second-order valence-corrected chi connectivity index (χ2v) is 11.0. The lowest BCUT2D eigenvalue weighted by molar-refractivity contribution is 0.410. The van der Waals surface area contributed by atoms with E-state index in [1.54, 1.807) is 12.1 Å². The van der Waals surface area contributed by atoms with Gasteiger partial charge >= 0.3 is 0 Å². The fourth-order valence-electron chi connectivity index (χ4n) is 3.54. The molecule has 33 heavy (non-hydrogen) atoms. The van der Waals surface area contributed by atoms with Gasteiger partial charge in [0.15, 0.2) is 4.80 Å². The zero-order valence-electron chi connectivity index (χ0n) is 19.6. The molecule has 0 aliphatic heterocycles. The highest BCUT2D eigenvalue weighted by Crippen LogP contribution is 2.31. The summed E-state index contributed by atoms with van der Waals surface area (Å²) < 4.78 is 30.2. The first-order chi connectivity index (χ1) is 15.2. The Morgan fingerprint density at radius 2 is 1.76 bits per heavy atom. The van der Waals surface area contributed by atoms with Gasteiger partial charge in [0, 0.05) is 31.1 Å². The Kier molecular flexibility index (Phi) is 9.94. The summed E-state index contributed by atoms with van der Waals surface area (Å²) in [6.45, 7) is 9.04. The van der Waals surface area contributed by atoms with E-state index >= 15 is 0 Å². The number of aryl methyl sites for hydroxylation is 1. The van der Waals surface area contributed by atoms with Crippen LogP contribution < -0.4 is 4.80 Å². The minimum atomic E-state index is -3.68. The lowest BCUT2D eigenvalue weighted by atomic mass is 10.1. The Hall–Kier alpha value is -1.45. The Labute approximate surface area is 216 Å². The molecule has 0 aliphatic carbocycles. The Morgan fingerprint density at radius 3 is 2.39 bits per heavy atom. The number of hydrogen-bond donors (Lipinski definition) is 0. The van der Waals surface area contributed by atoms with Gasteiger partial charge in [0.1, 0.15) is 4.90 Å². The van der Waals surface area contributed by atoms with Crippen LogP contribution in [0.25, 0.3) is 11.3 Å². The number of nitrogens with zero attached hydrogens (tertiary/aromatic N) is 3. The third-order valence-electron chi connectivity index (χ3n) is 5.51. The first kappa shape index (κ1) is 27.8. The summed E-state index contributed by atoms with van der Waals surface area (Å²) in [6, 6.07) is 11.3. The largest absolute Gasteiger partial charge is 0.320 e. The van der Waals surface area contributed by atoms with E-state index in [9.17, 15) is 8.42 Å². The number of aromatic nitrogens is 1. The molecule has 0 saturated heterocycles.